The number of rotatable bonds is 7. The number of nitrogens with one attached hydrogen (secondary N) is 1. The number of aliphatic carboxylic acids is 1. The number of carbonyl (C=O) groups is 2. The van der Waals surface area contributed by atoms with Gasteiger partial charge in [0.25, 0.3) is 0 Å². The maximum Gasteiger partial charge on any atom is 0.307 e. The maximum absolute atomic E-state index is 12.6. The fourth-order valence-electron chi connectivity index (χ4n) is 3.51. The van der Waals surface area contributed by atoms with E-state index in [1.165, 1.54) is 5.56 Å². The second-order valence-electron chi connectivity index (χ2n) is 7.04. The first kappa shape index (κ1) is 19.0. The Bertz CT molecular complexity index is 752. The molecule has 3 rings (SSSR count). The number of aromatic nitrogens is 1. The van der Waals surface area contributed by atoms with E-state index in [-0.39, 0.29) is 11.8 Å². The highest BCUT2D eigenvalue weighted by molar-refractivity contribution is 5.80. The van der Waals surface area contributed by atoms with E-state index in [1.54, 1.807) is 12.4 Å². The summed E-state index contributed by atoms with van der Waals surface area (Å²) >= 11 is 0. The predicted molar refractivity (Wildman–Crippen MR) is 102 cm³/mol. The van der Waals surface area contributed by atoms with Gasteiger partial charge in [-0.1, -0.05) is 36.4 Å². The molecule has 2 aromatic rings. The molecule has 0 spiro atoms. The van der Waals surface area contributed by atoms with Crippen molar-refractivity contribution in [3.8, 4) is 0 Å². The fourth-order valence-corrected chi connectivity index (χ4v) is 3.51. The second kappa shape index (κ2) is 9.28. The van der Waals surface area contributed by atoms with Crippen LogP contribution in [0.25, 0.3) is 0 Å². The van der Waals surface area contributed by atoms with Gasteiger partial charge in [-0.15, -0.1) is 0 Å². The Labute approximate surface area is 159 Å². The van der Waals surface area contributed by atoms with Crippen molar-refractivity contribution < 1.29 is 14.7 Å². The summed E-state index contributed by atoms with van der Waals surface area (Å²) in [5.74, 6) is -1.74. The van der Waals surface area contributed by atoms with Crippen LogP contribution in [0.5, 0.6) is 0 Å². The molecule has 6 nitrogen and oxygen atoms in total. The lowest BCUT2D eigenvalue weighted by molar-refractivity contribution is -0.145. The van der Waals surface area contributed by atoms with Crippen molar-refractivity contribution in [3.05, 3.63) is 66.0 Å². The highest BCUT2D eigenvalue weighted by atomic mass is 16.4. The summed E-state index contributed by atoms with van der Waals surface area (Å²) in [6.07, 6.45) is 4.63. The summed E-state index contributed by atoms with van der Waals surface area (Å²) in [4.78, 5) is 30.3. The minimum absolute atomic E-state index is 0.0884. The lowest BCUT2D eigenvalue weighted by Gasteiger charge is -2.35. The second-order valence-corrected chi connectivity index (χ2v) is 7.04. The highest BCUT2D eigenvalue weighted by Gasteiger charge is 2.34. The largest absolute Gasteiger partial charge is 0.481 e. The van der Waals surface area contributed by atoms with E-state index >= 15 is 0 Å². The van der Waals surface area contributed by atoms with Crippen LogP contribution in [0.4, 0.5) is 0 Å². The lowest BCUT2D eigenvalue weighted by atomic mass is 9.88. The first-order chi connectivity index (χ1) is 13.1. The summed E-state index contributed by atoms with van der Waals surface area (Å²) in [6, 6.07) is 13.8. The van der Waals surface area contributed by atoms with E-state index in [4.69, 9.17) is 0 Å². The van der Waals surface area contributed by atoms with Crippen LogP contribution in [-0.4, -0.2) is 46.5 Å². The number of benzene rings is 1. The van der Waals surface area contributed by atoms with Gasteiger partial charge in [0, 0.05) is 38.6 Å². The molecule has 6 heteroatoms. The van der Waals surface area contributed by atoms with Crippen LogP contribution in [0.15, 0.2) is 54.9 Å². The number of hydrogen-bond donors (Lipinski definition) is 2. The van der Waals surface area contributed by atoms with Gasteiger partial charge in [-0.05, 0) is 30.0 Å². The van der Waals surface area contributed by atoms with E-state index in [9.17, 15) is 14.7 Å². The summed E-state index contributed by atoms with van der Waals surface area (Å²) < 4.78 is 0. The molecular weight excluding hydrogens is 342 g/mol. The quantitative estimate of drug-likeness (QED) is 0.782. The molecule has 0 unspecified atom stereocenters. The normalized spacial score (nSPS) is 20.1. The minimum Gasteiger partial charge on any atom is -0.481 e. The molecule has 1 fully saturated rings. The van der Waals surface area contributed by atoms with E-state index in [0.717, 1.165) is 18.5 Å². The molecule has 0 radical (unpaired) electrons. The van der Waals surface area contributed by atoms with Crippen molar-refractivity contribution in [2.24, 2.45) is 11.8 Å². The summed E-state index contributed by atoms with van der Waals surface area (Å²) in [7, 11) is 0. The van der Waals surface area contributed by atoms with Crippen molar-refractivity contribution in [2.75, 3.05) is 19.6 Å². The van der Waals surface area contributed by atoms with E-state index in [2.05, 4.69) is 27.3 Å². The number of carboxylic acids is 1. The Morgan fingerprint density at radius 3 is 2.52 bits per heavy atom. The molecule has 1 amide bonds. The third-order valence-corrected chi connectivity index (χ3v) is 5.00. The Kier molecular flexibility index (Phi) is 6.54. The average molecular weight is 367 g/mol. The minimum atomic E-state index is -0.829. The van der Waals surface area contributed by atoms with Gasteiger partial charge >= 0.3 is 5.97 Å². The molecule has 0 bridgehead atoms. The van der Waals surface area contributed by atoms with E-state index in [1.807, 2.05) is 30.3 Å². The van der Waals surface area contributed by atoms with Crippen molar-refractivity contribution in [2.45, 2.75) is 19.4 Å². The molecule has 1 aromatic carbocycles. The van der Waals surface area contributed by atoms with Crippen LogP contribution < -0.4 is 5.32 Å². The molecule has 1 saturated heterocycles. The van der Waals surface area contributed by atoms with Gasteiger partial charge < -0.3 is 15.3 Å². The maximum atomic E-state index is 12.6. The van der Waals surface area contributed by atoms with Crippen LogP contribution >= 0.6 is 0 Å². The molecule has 1 aromatic heterocycles. The number of nitrogens with zero attached hydrogens (tertiary/aromatic N) is 2. The standard InChI is InChI=1S/C21H25N3O3/c25-20(23-13-17-7-4-9-22-12-17)18-11-19(21(26)27)15-24(14-18)10-8-16-5-2-1-3-6-16/h1-7,9,12,18-19H,8,10-11,13-15H2,(H,23,25)(H,26,27)/t18-,19-/m0/s1. The predicted octanol–water partition coefficient (Wildman–Crippen LogP) is 1.96. The molecule has 1 aliphatic heterocycles. The third kappa shape index (κ3) is 5.62. The van der Waals surface area contributed by atoms with Gasteiger partial charge in [0.05, 0.1) is 11.8 Å². The smallest absolute Gasteiger partial charge is 0.307 e. The Morgan fingerprint density at radius 2 is 1.81 bits per heavy atom. The first-order valence-electron chi connectivity index (χ1n) is 9.27. The zero-order valence-electron chi connectivity index (χ0n) is 15.3. The van der Waals surface area contributed by atoms with Crippen LogP contribution in [-0.2, 0) is 22.6 Å². The molecule has 27 heavy (non-hydrogen) atoms. The van der Waals surface area contributed by atoms with Gasteiger partial charge in [0.2, 0.25) is 5.91 Å². The zero-order chi connectivity index (χ0) is 19.1. The first-order valence-corrected chi connectivity index (χ1v) is 9.27. The fraction of sp³-hybridized carbons (Fsp3) is 0.381. The number of piperidine rings is 1. The van der Waals surface area contributed by atoms with Crippen LogP contribution in [0.1, 0.15) is 17.5 Å². The van der Waals surface area contributed by atoms with Crippen molar-refractivity contribution >= 4 is 11.9 Å². The third-order valence-electron chi connectivity index (χ3n) is 5.00. The van der Waals surface area contributed by atoms with Crippen LogP contribution in [0.2, 0.25) is 0 Å². The molecule has 2 N–H and O–H groups in total. The average Bonchev–Trinajstić information content (AvgIpc) is 2.71. The Balaban J connectivity index is 1.58. The summed E-state index contributed by atoms with van der Waals surface area (Å²) in [5.41, 5.74) is 2.14. The van der Waals surface area contributed by atoms with Crippen molar-refractivity contribution in [1.29, 1.82) is 0 Å². The summed E-state index contributed by atoms with van der Waals surface area (Å²) in [6.45, 7) is 2.25. The van der Waals surface area contributed by atoms with Gasteiger partial charge in [0.1, 0.15) is 0 Å². The number of carbonyl (C=O) groups excluding carboxylic acids is 1. The Morgan fingerprint density at radius 1 is 1.07 bits per heavy atom. The highest BCUT2D eigenvalue weighted by Crippen LogP contribution is 2.23. The number of amides is 1. The SMILES string of the molecule is O=C(O)[C@H]1C[C@H](C(=O)NCc2cccnc2)CN(CCc2ccccc2)C1. The van der Waals surface area contributed by atoms with Crippen LogP contribution in [0, 0.1) is 11.8 Å². The van der Waals surface area contributed by atoms with E-state index in [0.29, 0.717) is 26.1 Å². The Hall–Kier alpha value is -2.73. The topological polar surface area (TPSA) is 82.5 Å². The number of carboxylic acid groups (broad SMARTS) is 1. The van der Waals surface area contributed by atoms with Gasteiger partial charge in [0.15, 0.2) is 0 Å². The van der Waals surface area contributed by atoms with Crippen molar-refractivity contribution in [1.82, 2.24) is 15.2 Å². The van der Waals surface area contributed by atoms with Crippen molar-refractivity contribution in [3.63, 3.8) is 0 Å². The number of pyridine rings is 1. The monoisotopic (exact) mass is 367 g/mol. The molecule has 2 atom stereocenters. The molecule has 1 aliphatic rings. The molecule has 0 aliphatic carbocycles. The number of likely N-dealkylation sites (tertiary alicyclic amines) is 1. The lowest BCUT2D eigenvalue weighted by Crippen LogP contribution is -2.48. The van der Waals surface area contributed by atoms with Gasteiger partial charge in [-0.25, -0.2) is 0 Å². The van der Waals surface area contributed by atoms with Crippen LogP contribution in [0.3, 0.4) is 0 Å². The molecule has 2 heterocycles. The molecule has 0 saturated carbocycles. The van der Waals surface area contributed by atoms with Gasteiger partial charge in [-0.3, -0.25) is 14.6 Å². The molecule has 142 valence electrons. The zero-order valence-corrected chi connectivity index (χ0v) is 15.3. The van der Waals surface area contributed by atoms with Gasteiger partial charge in [-0.2, -0.15) is 0 Å². The van der Waals surface area contributed by atoms with E-state index < -0.39 is 11.9 Å². The molecular formula is C21H25N3O3. The number of hydrogen-bond acceptors (Lipinski definition) is 4. The summed E-state index contributed by atoms with van der Waals surface area (Å²) in [5, 5.41) is 12.4.